The van der Waals surface area contributed by atoms with Crippen LogP contribution in [0.5, 0.6) is 11.5 Å². The Morgan fingerprint density at radius 2 is 1.84 bits per heavy atom. The highest BCUT2D eigenvalue weighted by molar-refractivity contribution is 6.03. The quantitative estimate of drug-likeness (QED) is 0.797. The fourth-order valence-electron chi connectivity index (χ4n) is 2.74. The number of amides is 1. The second-order valence-corrected chi connectivity index (χ2v) is 5.93. The Kier molecular flexibility index (Phi) is 3.65. The van der Waals surface area contributed by atoms with Crippen molar-refractivity contribution in [2.75, 3.05) is 12.1 Å². The number of aryl methyl sites for hydroxylation is 2. The molecule has 0 atom stereocenters. The molecule has 2 heterocycles. The molecule has 3 aromatic rings. The first-order valence-electron chi connectivity index (χ1n) is 7.92. The number of aromatic nitrogens is 2. The lowest BCUT2D eigenvalue weighted by molar-refractivity contribution is 0.102. The number of hydrogen-bond donors (Lipinski definition) is 1. The highest BCUT2D eigenvalue weighted by Gasteiger charge is 2.18. The summed E-state index contributed by atoms with van der Waals surface area (Å²) in [5.74, 6) is 1.18. The summed E-state index contributed by atoms with van der Waals surface area (Å²) in [6.45, 7) is 2.23. The number of carbonyl (C=O) groups excluding carboxylic acids is 1. The van der Waals surface area contributed by atoms with Crippen molar-refractivity contribution < 1.29 is 14.3 Å². The van der Waals surface area contributed by atoms with Crippen LogP contribution in [0.2, 0.25) is 0 Å². The van der Waals surface area contributed by atoms with E-state index in [4.69, 9.17) is 9.47 Å². The molecule has 0 unspecified atom stereocenters. The lowest BCUT2D eigenvalue weighted by Gasteiger charge is -2.03. The molecule has 1 N–H and O–H groups in total. The van der Waals surface area contributed by atoms with Crippen molar-refractivity contribution in [2.24, 2.45) is 7.05 Å². The van der Waals surface area contributed by atoms with Gasteiger partial charge in [-0.1, -0.05) is 17.7 Å². The monoisotopic (exact) mass is 335 g/mol. The Morgan fingerprint density at radius 3 is 2.64 bits per heavy atom. The molecule has 1 amide bonds. The first-order chi connectivity index (χ1) is 12.1. The van der Waals surface area contributed by atoms with Crippen molar-refractivity contribution in [1.82, 2.24) is 9.78 Å². The fourth-order valence-corrected chi connectivity index (χ4v) is 2.74. The standard InChI is InChI=1S/C19H17N3O3/c1-12-3-6-14(7-4-12)20-19(23)15-10-16(22(2)21-15)13-5-8-17-18(9-13)25-11-24-17/h3-10H,11H2,1-2H3,(H,20,23). The number of carbonyl (C=O) groups is 1. The third kappa shape index (κ3) is 2.94. The zero-order valence-electron chi connectivity index (χ0n) is 13.9. The van der Waals surface area contributed by atoms with Crippen molar-refractivity contribution in [3.05, 3.63) is 59.8 Å². The number of benzene rings is 2. The van der Waals surface area contributed by atoms with Gasteiger partial charge in [0.25, 0.3) is 5.91 Å². The van der Waals surface area contributed by atoms with E-state index in [0.717, 1.165) is 28.3 Å². The summed E-state index contributed by atoms with van der Waals surface area (Å²) < 4.78 is 12.4. The van der Waals surface area contributed by atoms with Gasteiger partial charge < -0.3 is 14.8 Å². The fraction of sp³-hybridized carbons (Fsp3) is 0.158. The first kappa shape index (κ1) is 15.3. The van der Waals surface area contributed by atoms with E-state index in [9.17, 15) is 4.79 Å². The predicted molar refractivity (Wildman–Crippen MR) is 93.9 cm³/mol. The summed E-state index contributed by atoms with van der Waals surface area (Å²) in [4.78, 5) is 12.5. The zero-order chi connectivity index (χ0) is 17.4. The van der Waals surface area contributed by atoms with Gasteiger partial charge >= 0.3 is 0 Å². The van der Waals surface area contributed by atoms with Crippen LogP contribution in [-0.4, -0.2) is 22.5 Å². The average molecular weight is 335 g/mol. The molecule has 2 aromatic carbocycles. The molecule has 0 saturated carbocycles. The second-order valence-electron chi connectivity index (χ2n) is 5.93. The maximum atomic E-state index is 12.5. The molecule has 4 rings (SSSR count). The molecule has 0 fully saturated rings. The number of hydrogen-bond acceptors (Lipinski definition) is 4. The van der Waals surface area contributed by atoms with E-state index in [2.05, 4.69) is 10.4 Å². The molecule has 6 nitrogen and oxygen atoms in total. The van der Waals surface area contributed by atoms with Gasteiger partial charge in [0.2, 0.25) is 6.79 Å². The number of ether oxygens (including phenoxy) is 2. The number of anilines is 1. The minimum atomic E-state index is -0.244. The first-order valence-corrected chi connectivity index (χ1v) is 7.92. The molecule has 0 saturated heterocycles. The molecule has 25 heavy (non-hydrogen) atoms. The van der Waals surface area contributed by atoms with Gasteiger partial charge in [-0.15, -0.1) is 0 Å². The van der Waals surface area contributed by atoms with Crippen molar-refractivity contribution >= 4 is 11.6 Å². The molecule has 0 bridgehead atoms. The molecule has 0 spiro atoms. The van der Waals surface area contributed by atoms with E-state index < -0.39 is 0 Å². The SMILES string of the molecule is Cc1ccc(NC(=O)c2cc(-c3ccc4c(c3)OCO4)n(C)n2)cc1. The molecular weight excluding hydrogens is 318 g/mol. The third-order valence-electron chi connectivity index (χ3n) is 4.09. The summed E-state index contributed by atoms with van der Waals surface area (Å²) >= 11 is 0. The summed E-state index contributed by atoms with van der Waals surface area (Å²) in [6, 6.07) is 15.1. The Labute approximate surface area is 145 Å². The van der Waals surface area contributed by atoms with Gasteiger partial charge in [-0.3, -0.25) is 9.48 Å². The van der Waals surface area contributed by atoms with Crippen LogP contribution < -0.4 is 14.8 Å². The molecule has 1 aromatic heterocycles. The van der Waals surface area contributed by atoms with Crippen molar-refractivity contribution in [2.45, 2.75) is 6.92 Å². The molecule has 1 aliphatic rings. The van der Waals surface area contributed by atoms with E-state index in [1.165, 1.54) is 0 Å². The molecule has 0 radical (unpaired) electrons. The number of nitrogens with one attached hydrogen (secondary N) is 1. The molecule has 6 heteroatoms. The van der Waals surface area contributed by atoms with Gasteiger partial charge in [-0.05, 0) is 43.3 Å². The van der Waals surface area contributed by atoms with Gasteiger partial charge in [0.1, 0.15) is 0 Å². The molecular formula is C19H17N3O3. The molecule has 126 valence electrons. The van der Waals surface area contributed by atoms with Crippen molar-refractivity contribution in [3.8, 4) is 22.8 Å². The highest BCUT2D eigenvalue weighted by Crippen LogP contribution is 2.35. The van der Waals surface area contributed by atoms with Crippen LogP contribution in [0.15, 0.2) is 48.5 Å². The van der Waals surface area contributed by atoms with Crippen molar-refractivity contribution in [1.29, 1.82) is 0 Å². The van der Waals surface area contributed by atoms with Gasteiger partial charge in [0.15, 0.2) is 17.2 Å². The maximum Gasteiger partial charge on any atom is 0.276 e. The number of rotatable bonds is 3. The van der Waals surface area contributed by atoms with Crippen LogP contribution in [0.1, 0.15) is 16.1 Å². The Hall–Kier alpha value is -3.28. The minimum absolute atomic E-state index is 0.231. The summed E-state index contributed by atoms with van der Waals surface area (Å²) in [6.07, 6.45) is 0. The van der Waals surface area contributed by atoms with Gasteiger partial charge in [0.05, 0.1) is 5.69 Å². The van der Waals surface area contributed by atoms with Crippen LogP contribution >= 0.6 is 0 Å². The summed E-state index contributed by atoms with van der Waals surface area (Å²) in [5.41, 5.74) is 3.98. The average Bonchev–Trinajstić information content (AvgIpc) is 3.22. The largest absolute Gasteiger partial charge is 0.454 e. The topological polar surface area (TPSA) is 65.4 Å². The number of nitrogens with zero attached hydrogens (tertiary/aromatic N) is 2. The van der Waals surface area contributed by atoms with Crippen LogP contribution in [0.25, 0.3) is 11.3 Å². The summed E-state index contributed by atoms with van der Waals surface area (Å²) in [5, 5.41) is 7.19. The Morgan fingerprint density at radius 1 is 1.08 bits per heavy atom. The zero-order valence-corrected chi connectivity index (χ0v) is 13.9. The highest BCUT2D eigenvalue weighted by atomic mass is 16.7. The second kappa shape index (κ2) is 5.98. The van der Waals surface area contributed by atoms with E-state index in [1.54, 1.807) is 10.7 Å². The van der Waals surface area contributed by atoms with Crippen LogP contribution in [0.4, 0.5) is 5.69 Å². The number of fused-ring (bicyclic) bond motifs is 1. The maximum absolute atomic E-state index is 12.5. The van der Waals surface area contributed by atoms with Crippen LogP contribution in [-0.2, 0) is 7.05 Å². The predicted octanol–water partition coefficient (Wildman–Crippen LogP) is 3.38. The molecule has 1 aliphatic heterocycles. The van der Waals surface area contributed by atoms with E-state index >= 15 is 0 Å². The van der Waals surface area contributed by atoms with E-state index in [0.29, 0.717) is 11.4 Å². The van der Waals surface area contributed by atoms with Gasteiger partial charge in [0, 0.05) is 18.3 Å². The van der Waals surface area contributed by atoms with Crippen LogP contribution in [0.3, 0.4) is 0 Å². The lowest BCUT2D eigenvalue weighted by atomic mass is 10.1. The van der Waals surface area contributed by atoms with Crippen LogP contribution in [0, 0.1) is 6.92 Å². The minimum Gasteiger partial charge on any atom is -0.454 e. The normalized spacial score (nSPS) is 12.2. The van der Waals surface area contributed by atoms with Gasteiger partial charge in [-0.25, -0.2) is 0 Å². The molecule has 0 aliphatic carbocycles. The van der Waals surface area contributed by atoms with Crippen molar-refractivity contribution in [3.63, 3.8) is 0 Å². The third-order valence-corrected chi connectivity index (χ3v) is 4.09. The smallest absolute Gasteiger partial charge is 0.276 e. The summed E-state index contributed by atoms with van der Waals surface area (Å²) in [7, 11) is 1.81. The van der Waals surface area contributed by atoms with E-state index in [1.807, 2.05) is 56.4 Å². The van der Waals surface area contributed by atoms with Gasteiger partial charge in [-0.2, -0.15) is 5.10 Å². The Balaban J connectivity index is 1.59. The Bertz CT molecular complexity index is 945. The van der Waals surface area contributed by atoms with E-state index in [-0.39, 0.29) is 12.7 Å². The lowest BCUT2D eigenvalue weighted by Crippen LogP contribution is -2.12.